The lowest BCUT2D eigenvalue weighted by Gasteiger charge is -2.29. The Morgan fingerprint density at radius 1 is 1.16 bits per heavy atom. The van der Waals surface area contributed by atoms with Gasteiger partial charge in [-0.2, -0.15) is 0 Å². The van der Waals surface area contributed by atoms with E-state index in [9.17, 15) is 14.7 Å². The Kier molecular flexibility index (Phi) is 2.54. The van der Waals surface area contributed by atoms with Gasteiger partial charge in [0.1, 0.15) is 5.75 Å². The molecule has 0 fully saturated rings. The first-order valence-electron chi connectivity index (χ1n) is 6.04. The van der Waals surface area contributed by atoms with Gasteiger partial charge in [-0.3, -0.25) is 9.59 Å². The second kappa shape index (κ2) is 3.90. The molecule has 0 spiro atoms. The number of hydrogen-bond acceptors (Lipinski definition) is 3. The third-order valence-corrected chi connectivity index (χ3v) is 4.98. The lowest BCUT2D eigenvalue weighted by atomic mass is 9.78. The van der Waals surface area contributed by atoms with E-state index in [4.69, 9.17) is 0 Å². The second-order valence-corrected chi connectivity index (χ2v) is 6.03. The first-order valence-corrected chi connectivity index (χ1v) is 6.83. The second-order valence-electron chi connectivity index (χ2n) is 4.68. The molecule has 1 unspecified atom stereocenters. The van der Waals surface area contributed by atoms with Crippen molar-refractivity contribution in [2.24, 2.45) is 0 Å². The molecule has 19 heavy (non-hydrogen) atoms. The first-order chi connectivity index (χ1) is 9.00. The van der Waals surface area contributed by atoms with Gasteiger partial charge >= 0.3 is 0 Å². The van der Waals surface area contributed by atoms with Crippen molar-refractivity contribution in [1.29, 1.82) is 0 Å². The molecule has 2 aromatic carbocycles. The molecule has 0 aliphatic heterocycles. The largest absolute Gasteiger partial charge is 0.507 e. The van der Waals surface area contributed by atoms with E-state index in [0.29, 0.717) is 17.4 Å². The maximum atomic E-state index is 12.6. The van der Waals surface area contributed by atoms with Crippen LogP contribution in [-0.2, 0) is 0 Å². The molecule has 3 rings (SSSR count). The van der Waals surface area contributed by atoms with Gasteiger partial charge in [-0.25, -0.2) is 0 Å². The number of hydrogen-bond donors (Lipinski definition) is 1. The number of carbonyl (C=O) groups is 2. The molecular formula is C15H11BrO3. The van der Waals surface area contributed by atoms with E-state index < -0.39 is 4.32 Å². The molecule has 0 saturated heterocycles. The van der Waals surface area contributed by atoms with Crippen molar-refractivity contribution in [3.05, 3.63) is 41.5 Å². The molecule has 96 valence electrons. The molecule has 3 nitrogen and oxygen atoms in total. The van der Waals surface area contributed by atoms with Gasteiger partial charge in [-0.15, -0.1) is 0 Å². The monoisotopic (exact) mass is 318 g/mol. The topological polar surface area (TPSA) is 54.4 Å². The van der Waals surface area contributed by atoms with Gasteiger partial charge in [0, 0.05) is 10.9 Å². The van der Waals surface area contributed by atoms with Crippen LogP contribution in [0.5, 0.6) is 5.75 Å². The summed E-state index contributed by atoms with van der Waals surface area (Å²) >= 11 is 3.28. The van der Waals surface area contributed by atoms with E-state index in [0.717, 1.165) is 5.39 Å². The van der Waals surface area contributed by atoms with Crippen molar-refractivity contribution >= 4 is 38.3 Å². The van der Waals surface area contributed by atoms with Crippen LogP contribution in [0.3, 0.4) is 0 Å². The van der Waals surface area contributed by atoms with Gasteiger partial charge in [0.25, 0.3) is 0 Å². The SMILES string of the molecule is CCC1(Br)C(=O)c2cccc3ccc(O)c(c23)C1=O. The fraction of sp³-hybridized carbons (Fsp3) is 0.200. The van der Waals surface area contributed by atoms with Crippen molar-refractivity contribution in [1.82, 2.24) is 0 Å². The normalized spacial score (nSPS) is 22.0. The molecule has 0 heterocycles. The van der Waals surface area contributed by atoms with Crippen LogP contribution in [0, 0.1) is 0 Å². The number of phenolic OH excluding ortho intramolecular Hbond substituents is 1. The average molecular weight is 319 g/mol. The van der Waals surface area contributed by atoms with Crippen LogP contribution in [0.25, 0.3) is 10.8 Å². The van der Waals surface area contributed by atoms with Crippen molar-refractivity contribution in [3.8, 4) is 5.75 Å². The molecular weight excluding hydrogens is 308 g/mol. The number of aromatic hydroxyl groups is 1. The van der Waals surface area contributed by atoms with Crippen molar-refractivity contribution < 1.29 is 14.7 Å². The van der Waals surface area contributed by atoms with Gasteiger partial charge in [-0.1, -0.05) is 47.1 Å². The lowest BCUT2D eigenvalue weighted by molar-refractivity contribution is 0.0833. The van der Waals surface area contributed by atoms with E-state index in [1.165, 1.54) is 6.07 Å². The highest BCUT2D eigenvalue weighted by Crippen LogP contribution is 2.43. The van der Waals surface area contributed by atoms with Crippen LogP contribution in [0.2, 0.25) is 0 Å². The maximum absolute atomic E-state index is 12.6. The number of ketones is 2. The van der Waals surface area contributed by atoms with Crippen LogP contribution >= 0.6 is 15.9 Å². The van der Waals surface area contributed by atoms with E-state index in [2.05, 4.69) is 15.9 Å². The standard InChI is InChI=1S/C15H11BrO3/c1-2-15(16)13(18)9-5-3-4-8-6-7-10(17)12(11(8)9)14(15)19/h3-7,17H,2H2,1H3. The molecule has 1 aliphatic carbocycles. The Hall–Kier alpha value is -1.68. The van der Waals surface area contributed by atoms with Crippen LogP contribution in [-0.4, -0.2) is 21.0 Å². The summed E-state index contributed by atoms with van der Waals surface area (Å²) in [5.41, 5.74) is 0.730. The molecule has 1 atom stereocenters. The van der Waals surface area contributed by atoms with Gasteiger partial charge < -0.3 is 5.11 Å². The number of rotatable bonds is 1. The zero-order valence-corrected chi connectivity index (χ0v) is 11.8. The summed E-state index contributed by atoms with van der Waals surface area (Å²) in [7, 11) is 0. The molecule has 2 aromatic rings. The average Bonchev–Trinajstić information content (AvgIpc) is 2.43. The van der Waals surface area contributed by atoms with Crippen LogP contribution in [0.4, 0.5) is 0 Å². The fourth-order valence-corrected chi connectivity index (χ4v) is 3.03. The number of halogens is 1. The summed E-state index contributed by atoms with van der Waals surface area (Å²) in [5, 5.41) is 11.3. The minimum atomic E-state index is -1.26. The van der Waals surface area contributed by atoms with Gasteiger partial charge in [-0.05, 0) is 17.9 Å². The minimum Gasteiger partial charge on any atom is -0.507 e. The van der Waals surface area contributed by atoms with Gasteiger partial charge in [0.05, 0.1) is 5.56 Å². The summed E-state index contributed by atoms with van der Waals surface area (Å²) < 4.78 is -1.26. The minimum absolute atomic E-state index is 0.0743. The first kappa shape index (κ1) is 12.4. The fourth-order valence-electron chi connectivity index (χ4n) is 2.62. The number of alkyl halides is 1. The summed E-state index contributed by atoms with van der Waals surface area (Å²) in [4.78, 5) is 25.1. The summed E-state index contributed by atoms with van der Waals surface area (Å²) in [6.45, 7) is 1.77. The maximum Gasteiger partial charge on any atom is 0.191 e. The lowest BCUT2D eigenvalue weighted by Crippen LogP contribution is -2.43. The third-order valence-electron chi connectivity index (χ3n) is 3.70. The Morgan fingerprint density at radius 3 is 2.58 bits per heavy atom. The highest BCUT2D eigenvalue weighted by molar-refractivity contribution is 9.10. The molecule has 0 aromatic heterocycles. The molecule has 0 bridgehead atoms. The zero-order chi connectivity index (χ0) is 13.8. The summed E-state index contributed by atoms with van der Waals surface area (Å²) in [5.74, 6) is -0.666. The zero-order valence-electron chi connectivity index (χ0n) is 10.2. The molecule has 1 aliphatic rings. The van der Waals surface area contributed by atoms with E-state index in [-0.39, 0.29) is 22.9 Å². The molecule has 0 amide bonds. The predicted octanol–water partition coefficient (Wildman–Crippen LogP) is 3.47. The highest BCUT2D eigenvalue weighted by atomic mass is 79.9. The Bertz CT molecular complexity index is 735. The van der Waals surface area contributed by atoms with Gasteiger partial charge in [0.2, 0.25) is 0 Å². The van der Waals surface area contributed by atoms with Gasteiger partial charge in [0.15, 0.2) is 15.9 Å². The smallest absolute Gasteiger partial charge is 0.191 e. The summed E-state index contributed by atoms with van der Waals surface area (Å²) in [6, 6.07) is 8.53. The van der Waals surface area contributed by atoms with Crippen LogP contribution < -0.4 is 0 Å². The number of phenols is 1. The number of carbonyl (C=O) groups excluding carboxylic acids is 2. The third kappa shape index (κ3) is 1.43. The quantitative estimate of drug-likeness (QED) is 0.647. The summed E-state index contributed by atoms with van der Waals surface area (Å²) in [6.07, 6.45) is 0.342. The number of benzene rings is 2. The van der Waals surface area contributed by atoms with Crippen molar-refractivity contribution in [3.63, 3.8) is 0 Å². The molecule has 4 heteroatoms. The van der Waals surface area contributed by atoms with Crippen LogP contribution in [0.15, 0.2) is 30.3 Å². The molecule has 0 radical (unpaired) electrons. The Balaban J connectivity index is 2.51. The predicted molar refractivity (Wildman–Crippen MR) is 76.2 cm³/mol. The van der Waals surface area contributed by atoms with E-state index >= 15 is 0 Å². The van der Waals surface area contributed by atoms with E-state index in [1.54, 1.807) is 25.1 Å². The number of Topliss-reactive ketones (excluding diaryl/α,β-unsaturated/α-hetero) is 2. The van der Waals surface area contributed by atoms with Crippen molar-refractivity contribution in [2.75, 3.05) is 0 Å². The highest BCUT2D eigenvalue weighted by Gasteiger charge is 2.48. The molecule has 0 saturated carbocycles. The molecule has 1 N–H and O–H groups in total. The van der Waals surface area contributed by atoms with Crippen LogP contribution in [0.1, 0.15) is 34.1 Å². The van der Waals surface area contributed by atoms with E-state index in [1.807, 2.05) is 6.07 Å². The Morgan fingerprint density at radius 2 is 1.89 bits per heavy atom. The Labute approximate surface area is 118 Å². The van der Waals surface area contributed by atoms with Crippen molar-refractivity contribution in [2.45, 2.75) is 17.7 Å².